The van der Waals surface area contributed by atoms with Crippen LogP contribution in [0.3, 0.4) is 0 Å². The molecule has 0 amide bonds. The molecule has 2 heteroatoms. The summed E-state index contributed by atoms with van der Waals surface area (Å²) in [4.78, 5) is 0. The van der Waals surface area contributed by atoms with Crippen LogP contribution in [0.1, 0.15) is 44.9 Å². The Hall–Kier alpha value is -0.550. The maximum absolute atomic E-state index is 10.2. The molecule has 66 valence electrons. The zero-order chi connectivity index (χ0) is 8.66. The molecule has 0 aromatic heterocycles. The van der Waals surface area contributed by atoms with Gasteiger partial charge < -0.3 is 5.11 Å². The van der Waals surface area contributed by atoms with Crippen molar-refractivity contribution in [2.45, 2.75) is 50.5 Å². The first-order valence-electron chi connectivity index (χ1n) is 4.86. The lowest BCUT2D eigenvalue weighted by atomic mass is 9.59. The standard InChI is InChI=1S/C10H15NO/c11-8-9(4-3-5-9)10(12)6-1-2-7-10/h12H,1-7H2. The van der Waals surface area contributed by atoms with Gasteiger partial charge in [-0.25, -0.2) is 0 Å². The minimum absolute atomic E-state index is 0.358. The van der Waals surface area contributed by atoms with E-state index in [-0.39, 0.29) is 5.41 Å². The third-order valence-electron chi connectivity index (χ3n) is 3.74. The molecule has 0 atom stereocenters. The molecule has 0 spiro atoms. The Kier molecular flexibility index (Phi) is 1.66. The van der Waals surface area contributed by atoms with Crippen LogP contribution < -0.4 is 0 Å². The van der Waals surface area contributed by atoms with E-state index >= 15 is 0 Å². The van der Waals surface area contributed by atoms with E-state index < -0.39 is 5.60 Å². The molecule has 0 saturated heterocycles. The van der Waals surface area contributed by atoms with Gasteiger partial charge in [0.05, 0.1) is 17.1 Å². The van der Waals surface area contributed by atoms with Crippen LogP contribution in [0.25, 0.3) is 0 Å². The van der Waals surface area contributed by atoms with Gasteiger partial charge in [-0.1, -0.05) is 19.3 Å². The van der Waals surface area contributed by atoms with Crippen molar-refractivity contribution in [1.29, 1.82) is 5.26 Å². The molecule has 12 heavy (non-hydrogen) atoms. The molecule has 1 N–H and O–H groups in total. The molecule has 0 aliphatic heterocycles. The number of nitriles is 1. The van der Waals surface area contributed by atoms with Gasteiger partial charge in [-0.15, -0.1) is 0 Å². The quantitative estimate of drug-likeness (QED) is 0.645. The molecule has 0 unspecified atom stereocenters. The Morgan fingerprint density at radius 3 is 1.92 bits per heavy atom. The summed E-state index contributed by atoms with van der Waals surface area (Å²) in [6, 6.07) is 2.35. The predicted octanol–water partition coefficient (Wildman–Crippen LogP) is 1.99. The predicted molar refractivity (Wildman–Crippen MR) is 45.3 cm³/mol. The molecule has 0 heterocycles. The van der Waals surface area contributed by atoms with Gasteiger partial charge in [0, 0.05) is 0 Å². The Morgan fingerprint density at radius 2 is 1.58 bits per heavy atom. The summed E-state index contributed by atoms with van der Waals surface area (Å²) in [6.07, 6.45) is 6.84. The minimum atomic E-state index is -0.625. The van der Waals surface area contributed by atoms with Crippen molar-refractivity contribution in [3.63, 3.8) is 0 Å². The summed E-state index contributed by atoms with van der Waals surface area (Å²) in [5, 5.41) is 19.3. The highest BCUT2D eigenvalue weighted by Crippen LogP contribution is 2.54. The van der Waals surface area contributed by atoms with Crippen LogP contribution in [0.15, 0.2) is 0 Å². The van der Waals surface area contributed by atoms with E-state index in [1.165, 1.54) is 0 Å². The van der Waals surface area contributed by atoms with Crippen LogP contribution in [0.5, 0.6) is 0 Å². The van der Waals surface area contributed by atoms with E-state index in [0.717, 1.165) is 44.9 Å². The van der Waals surface area contributed by atoms with Crippen LogP contribution in [0, 0.1) is 16.7 Å². The Balaban J connectivity index is 2.21. The van der Waals surface area contributed by atoms with E-state index in [4.69, 9.17) is 5.26 Å². The van der Waals surface area contributed by atoms with E-state index in [0.29, 0.717) is 0 Å². The highest BCUT2D eigenvalue weighted by Gasteiger charge is 2.55. The van der Waals surface area contributed by atoms with Crippen LogP contribution in [-0.4, -0.2) is 10.7 Å². The number of aliphatic hydroxyl groups is 1. The zero-order valence-electron chi connectivity index (χ0n) is 7.34. The number of nitrogens with zero attached hydrogens (tertiary/aromatic N) is 1. The van der Waals surface area contributed by atoms with Crippen molar-refractivity contribution in [3.05, 3.63) is 0 Å². The van der Waals surface area contributed by atoms with Crippen LogP contribution >= 0.6 is 0 Å². The molecule has 2 aliphatic carbocycles. The average Bonchev–Trinajstić information content (AvgIpc) is 2.35. The fraction of sp³-hybridized carbons (Fsp3) is 0.900. The van der Waals surface area contributed by atoms with Crippen molar-refractivity contribution >= 4 is 0 Å². The minimum Gasteiger partial charge on any atom is -0.388 e. The lowest BCUT2D eigenvalue weighted by molar-refractivity contribution is -0.0882. The lowest BCUT2D eigenvalue weighted by Gasteiger charge is -2.46. The fourth-order valence-corrected chi connectivity index (χ4v) is 2.65. The number of hydrogen-bond donors (Lipinski definition) is 1. The maximum Gasteiger partial charge on any atom is 0.0860 e. The molecule has 2 saturated carbocycles. The van der Waals surface area contributed by atoms with Crippen molar-refractivity contribution < 1.29 is 5.11 Å². The van der Waals surface area contributed by atoms with Crippen molar-refractivity contribution in [2.24, 2.45) is 5.41 Å². The highest BCUT2D eigenvalue weighted by molar-refractivity contribution is 5.16. The normalized spacial score (nSPS) is 30.7. The van der Waals surface area contributed by atoms with E-state index in [2.05, 4.69) is 6.07 Å². The van der Waals surface area contributed by atoms with Crippen molar-refractivity contribution in [2.75, 3.05) is 0 Å². The first-order chi connectivity index (χ1) is 5.72. The zero-order valence-corrected chi connectivity index (χ0v) is 7.34. The van der Waals surface area contributed by atoms with Gasteiger partial charge in [0.15, 0.2) is 0 Å². The molecule has 0 bridgehead atoms. The van der Waals surface area contributed by atoms with Gasteiger partial charge in [0.2, 0.25) is 0 Å². The van der Waals surface area contributed by atoms with Crippen molar-refractivity contribution in [1.82, 2.24) is 0 Å². The Labute approximate surface area is 73.2 Å². The molecular weight excluding hydrogens is 150 g/mol. The largest absolute Gasteiger partial charge is 0.388 e. The number of rotatable bonds is 1. The van der Waals surface area contributed by atoms with E-state index in [1.807, 2.05) is 0 Å². The van der Waals surface area contributed by atoms with Gasteiger partial charge >= 0.3 is 0 Å². The summed E-state index contributed by atoms with van der Waals surface area (Å²) in [5.41, 5.74) is -0.983. The number of hydrogen-bond acceptors (Lipinski definition) is 2. The molecule has 2 fully saturated rings. The molecule has 0 aromatic carbocycles. The average molecular weight is 165 g/mol. The summed E-state index contributed by atoms with van der Waals surface area (Å²) in [7, 11) is 0. The topological polar surface area (TPSA) is 44.0 Å². The summed E-state index contributed by atoms with van der Waals surface area (Å²) >= 11 is 0. The lowest BCUT2D eigenvalue weighted by Crippen LogP contribution is -2.49. The second kappa shape index (κ2) is 2.47. The van der Waals surface area contributed by atoms with Gasteiger partial charge in [-0.05, 0) is 25.7 Å². The first-order valence-corrected chi connectivity index (χ1v) is 4.86. The van der Waals surface area contributed by atoms with Crippen LogP contribution in [0.4, 0.5) is 0 Å². The molecular formula is C10H15NO. The summed E-state index contributed by atoms with van der Waals surface area (Å²) in [5.74, 6) is 0. The molecule has 2 rings (SSSR count). The Morgan fingerprint density at radius 1 is 1.00 bits per heavy atom. The maximum atomic E-state index is 10.2. The molecule has 2 aliphatic rings. The van der Waals surface area contributed by atoms with Gasteiger partial charge in [0.25, 0.3) is 0 Å². The molecule has 0 radical (unpaired) electrons. The molecule has 2 nitrogen and oxygen atoms in total. The van der Waals surface area contributed by atoms with Crippen molar-refractivity contribution in [3.8, 4) is 6.07 Å². The summed E-state index contributed by atoms with van der Waals surface area (Å²) < 4.78 is 0. The third kappa shape index (κ3) is 0.834. The van der Waals surface area contributed by atoms with Gasteiger partial charge in [-0.2, -0.15) is 5.26 Å². The monoisotopic (exact) mass is 165 g/mol. The summed E-state index contributed by atoms with van der Waals surface area (Å²) in [6.45, 7) is 0. The van der Waals surface area contributed by atoms with E-state index in [1.54, 1.807) is 0 Å². The third-order valence-corrected chi connectivity index (χ3v) is 3.74. The van der Waals surface area contributed by atoms with Gasteiger partial charge in [-0.3, -0.25) is 0 Å². The van der Waals surface area contributed by atoms with Crippen LogP contribution in [-0.2, 0) is 0 Å². The molecule has 0 aromatic rings. The second-order valence-corrected chi connectivity index (χ2v) is 4.29. The fourth-order valence-electron chi connectivity index (χ4n) is 2.65. The SMILES string of the molecule is N#CC1(C2(O)CCCC2)CCC1. The highest BCUT2D eigenvalue weighted by atomic mass is 16.3. The van der Waals surface area contributed by atoms with E-state index in [9.17, 15) is 5.11 Å². The second-order valence-electron chi connectivity index (χ2n) is 4.29. The Bertz CT molecular complexity index is 218. The smallest absolute Gasteiger partial charge is 0.0860 e. The first kappa shape index (κ1) is 8.07. The van der Waals surface area contributed by atoms with Gasteiger partial charge in [0.1, 0.15) is 0 Å². The van der Waals surface area contributed by atoms with Crippen LogP contribution in [0.2, 0.25) is 0 Å².